The van der Waals surface area contributed by atoms with Crippen molar-refractivity contribution in [3.8, 4) is 0 Å². The fourth-order valence-corrected chi connectivity index (χ4v) is 3.67. The summed E-state index contributed by atoms with van der Waals surface area (Å²) >= 11 is 6.43. The highest BCUT2D eigenvalue weighted by atomic mass is 35.5. The minimum absolute atomic E-state index is 0.282. The Balaban J connectivity index is 1.61. The van der Waals surface area contributed by atoms with E-state index < -0.39 is 0 Å². The summed E-state index contributed by atoms with van der Waals surface area (Å²) in [5.74, 6) is 0. The van der Waals surface area contributed by atoms with Crippen LogP contribution in [0.25, 0.3) is 11.0 Å². The quantitative estimate of drug-likeness (QED) is 0.795. The molecule has 124 valence electrons. The number of halogens is 1. The van der Waals surface area contributed by atoms with E-state index in [-0.39, 0.29) is 6.04 Å². The molecule has 1 unspecified atom stereocenters. The predicted molar refractivity (Wildman–Crippen MR) is 96.0 cm³/mol. The predicted octanol–water partition coefficient (Wildman–Crippen LogP) is 2.77. The number of hydrogen-bond donors (Lipinski definition) is 1. The molecule has 2 aromatic carbocycles. The van der Waals surface area contributed by atoms with E-state index in [4.69, 9.17) is 11.6 Å². The molecule has 2 heterocycles. The van der Waals surface area contributed by atoms with E-state index in [0.717, 1.165) is 42.2 Å². The van der Waals surface area contributed by atoms with Crippen LogP contribution in [0.15, 0.2) is 42.5 Å². The Kier molecular flexibility index (Phi) is 4.22. The van der Waals surface area contributed by atoms with Gasteiger partial charge in [0.05, 0.1) is 5.52 Å². The van der Waals surface area contributed by atoms with Gasteiger partial charge in [0.15, 0.2) is 0 Å². The Morgan fingerprint density at radius 1 is 1.25 bits per heavy atom. The smallest absolute Gasteiger partial charge is 0.113 e. The summed E-state index contributed by atoms with van der Waals surface area (Å²) in [5.41, 5.74) is 4.44. The first kappa shape index (κ1) is 15.6. The molecule has 1 aliphatic rings. The van der Waals surface area contributed by atoms with E-state index in [0.29, 0.717) is 0 Å². The molecule has 0 saturated carbocycles. The van der Waals surface area contributed by atoms with Crippen molar-refractivity contribution in [3.63, 3.8) is 0 Å². The lowest BCUT2D eigenvalue weighted by Crippen LogP contribution is -2.45. The van der Waals surface area contributed by atoms with Gasteiger partial charge in [0.2, 0.25) is 0 Å². The number of aryl methyl sites for hydroxylation is 1. The van der Waals surface area contributed by atoms with Gasteiger partial charge < -0.3 is 5.32 Å². The third-order valence-corrected chi connectivity index (χ3v) is 5.02. The van der Waals surface area contributed by atoms with Crippen LogP contribution in [0.1, 0.15) is 17.2 Å². The molecule has 5 nitrogen and oxygen atoms in total. The van der Waals surface area contributed by atoms with E-state index in [9.17, 15) is 0 Å². The van der Waals surface area contributed by atoms with E-state index in [1.165, 1.54) is 11.1 Å². The summed E-state index contributed by atoms with van der Waals surface area (Å²) in [5, 5.41) is 12.6. The highest BCUT2D eigenvalue weighted by Crippen LogP contribution is 2.29. The zero-order valence-electron chi connectivity index (χ0n) is 13.6. The van der Waals surface area contributed by atoms with Crippen molar-refractivity contribution in [2.24, 2.45) is 7.05 Å². The van der Waals surface area contributed by atoms with Gasteiger partial charge in [-0.05, 0) is 29.3 Å². The number of nitrogens with zero attached hydrogens (tertiary/aromatic N) is 4. The second-order valence-electron chi connectivity index (χ2n) is 6.25. The molecule has 0 radical (unpaired) electrons. The lowest BCUT2D eigenvalue weighted by Gasteiger charge is -2.37. The molecule has 4 rings (SSSR count). The van der Waals surface area contributed by atoms with Crippen molar-refractivity contribution in [3.05, 3.63) is 58.6 Å². The number of hydrogen-bond acceptors (Lipinski definition) is 4. The molecule has 0 aliphatic carbocycles. The van der Waals surface area contributed by atoms with Gasteiger partial charge in [-0.2, -0.15) is 0 Å². The largest absolute Gasteiger partial charge is 0.314 e. The molecule has 24 heavy (non-hydrogen) atoms. The van der Waals surface area contributed by atoms with Crippen LogP contribution in [0.5, 0.6) is 0 Å². The fraction of sp³-hybridized carbons (Fsp3) is 0.333. The van der Waals surface area contributed by atoms with Crippen molar-refractivity contribution in [2.45, 2.75) is 12.6 Å². The van der Waals surface area contributed by atoms with Gasteiger partial charge >= 0.3 is 0 Å². The van der Waals surface area contributed by atoms with Gasteiger partial charge in [0, 0.05) is 44.3 Å². The fourth-order valence-electron chi connectivity index (χ4n) is 3.41. The summed E-state index contributed by atoms with van der Waals surface area (Å²) in [6.45, 7) is 3.78. The van der Waals surface area contributed by atoms with Gasteiger partial charge in [0.25, 0.3) is 0 Å². The van der Waals surface area contributed by atoms with E-state index in [2.05, 4.69) is 50.9 Å². The third kappa shape index (κ3) is 2.90. The Labute approximate surface area is 146 Å². The van der Waals surface area contributed by atoms with Gasteiger partial charge in [0.1, 0.15) is 5.52 Å². The van der Waals surface area contributed by atoms with Crippen molar-refractivity contribution in [2.75, 3.05) is 19.6 Å². The average Bonchev–Trinajstić information content (AvgIpc) is 2.97. The molecule has 0 amide bonds. The van der Waals surface area contributed by atoms with Crippen LogP contribution in [0.4, 0.5) is 0 Å². The maximum atomic E-state index is 6.43. The maximum Gasteiger partial charge on any atom is 0.113 e. The van der Waals surface area contributed by atoms with Gasteiger partial charge in [-0.1, -0.05) is 41.1 Å². The normalized spacial score (nSPS) is 19.0. The minimum Gasteiger partial charge on any atom is -0.314 e. The second-order valence-corrected chi connectivity index (χ2v) is 6.66. The molecule has 1 aliphatic heterocycles. The first-order valence-electron chi connectivity index (χ1n) is 8.20. The highest BCUT2D eigenvalue weighted by Gasteiger charge is 2.25. The first-order valence-corrected chi connectivity index (χ1v) is 8.57. The van der Waals surface area contributed by atoms with Crippen LogP contribution in [-0.2, 0) is 13.6 Å². The van der Waals surface area contributed by atoms with Crippen LogP contribution < -0.4 is 5.32 Å². The third-order valence-electron chi connectivity index (χ3n) is 4.68. The second kappa shape index (κ2) is 6.51. The Morgan fingerprint density at radius 3 is 3.00 bits per heavy atom. The number of rotatable bonds is 3. The van der Waals surface area contributed by atoms with Crippen molar-refractivity contribution >= 4 is 22.6 Å². The Bertz CT molecular complexity index is 859. The molecule has 3 aromatic rings. The lowest BCUT2D eigenvalue weighted by atomic mass is 10.0. The SMILES string of the molecule is Cn1nnc2cc(CN3CCNCC3c3ccccc3Cl)ccc21. The van der Waals surface area contributed by atoms with Gasteiger partial charge in [-0.15, -0.1) is 5.10 Å². The molecular weight excluding hydrogens is 322 g/mol. The number of piperazine rings is 1. The van der Waals surface area contributed by atoms with E-state index in [1.54, 1.807) is 4.68 Å². The molecular formula is C18H20ClN5. The molecule has 1 aromatic heterocycles. The van der Waals surface area contributed by atoms with Crippen molar-refractivity contribution in [1.29, 1.82) is 0 Å². The number of fused-ring (bicyclic) bond motifs is 1. The molecule has 1 N–H and O–H groups in total. The number of aromatic nitrogens is 3. The zero-order chi connectivity index (χ0) is 16.5. The molecule has 1 atom stereocenters. The minimum atomic E-state index is 0.282. The highest BCUT2D eigenvalue weighted by molar-refractivity contribution is 6.31. The zero-order valence-corrected chi connectivity index (χ0v) is 14.4. The summed E-state index contributed by atoms with van der Waals surface area (Å²) in [7, 11) is 1.92. The lowest BCUT2D eigenvalue weighted by molar-refractivity contribution is 0.154. The summed E-state index contributed by atoms with van der Waals surface area (Å²) in [6.07, 6.45) is 0. The molecule has 1 fully saturated rings. The summed E-state index contributed by atoms with van der Waals surface area (Å²) in [6, 6.07) is 14.8. The van der Waals surface area contributed by atoms with Crippen molar-refractivity contribution < 1.29 is 0 Å². The topological polar surface area (TPSA) is 46.0 Å². The van der Waals surface area contributed by atoms with Crippen LogP contribution in [0.3, 0.4) is 0 Å². The molecule has 1 saturated heterocycles. The standard InChI is InChI=1S/C18H20ClN5/c1-23-17-7-6-13(10-16(17)21-22-23)12-24-9-8-20-11-18(24)14-4-2-3-5-15(14)19/h2-7,10,18,20H,8-9,11-12H2,1H3. The van der Waals surface area contributed by atoms with Crippen LogP contribution >= 0.6 is 11.6 Å². The molecule has 0 bridgehead atoms. The Hall–Kier alpha value is -1.95. The molecule has 6 heteroatoms. The van der Waals surface area contributed by atoms with Gasteiger partial charge in [-0.3, -0.25) is 4.90 Å². The van der Waals surface area contributed by atoms with E-state index in [1.807, 2.05) is 19.2 Å². The van der Waals surface area contributed by atoms with Crippen LogP contribution in [0, 0.1) is 0 Å². The van der Waals surface area contributed by atoms with Crippen molar-refractivity contribution in [1.82, 2.24) is 25.2 Å². The number of benzene rings is 2. The Morgan fingerprint density at radius 2 is 2.12 bits per heavy atom. The van der Waals surface area contributed by atoms with Crippen LogP contribution in [-0.4, -0.2) is 39.5 Å². The van der Waals surface area contributed by atoms with Gasteiger partial charge in [-0.25, -0.2) is 4.68 Å². The summed E-state index contributed by atoms with van der Waals surface area (Å²) in [4.78, 5) is 2.48. The number of nitrogens with one attached hydrogen (secondary N) is 1. The van der Waals surface area contributed by atoms with E-state index >= 15 is 0 Å². The monoisotopic (exact) mass is 341 g/mol. The maximum absolute atomic E-state index is 6.43. The first-order chi connectivity index (χ1) is 11.7. The van der Waals surface area contributed by atoms with Crippen LogP contribution in [0.2, 0.25) is 5.02 Å². The summed E-state index contributed by atoms with van der Waals surface area (Å²) < 4.78 is 1.80. The average molecular weight is 342 g/mol. The molecule has 0 spiro atoms.